The molecule has 1 saturated heterocycles. The number of likely N-dealkylation sites (tertiary alicyclic amines) is 1. The molecule has 0 saturated carbocycles. The largest absolute Gasteiger partial charge is 0.505 e. The molecular weight excluding hydrogens is 254 g/mol. The fraction of sp³-hybridized carbons (Fsp3) is 0.267. The fourth-order valence-corrected chi connectivity index (χ4v) is 2.77. The second kappa shape index (κ2) is 4.92. The van der Waals surface area contributed by atoms with Gasteiger partial charge in [0.05, 0.1) is 17.3 Å². The van der Waals surface area contributed by atoms with Crippen LogP contribution < -0.4 is 5.73 Å². The van der Waals surface area contributed by atoms with Gasteiger partial charge in [-0.2, -0.15) is 0 Å². The molecule has 1 amide bonds. The minimum atomic E-state index is -0.174. The molecule has 2 aromatic rings. The summed E-state index contributed by atoms with van der Waals surface area (Å²) in [6, 6.07) is 8.82. The number of nitrogens with one attached hydrogen (secondary N) is 1. The van der Waals surface area contributed by atoms with E-state index in [9.17, 15) is 9.90 Å². The fourth-order valence-electron chi connectivity index (χ4n) is 2.77. The highest BCUT2D eigenvalue weighted by Crippen LogP contribution is 2.34. The van der Waals surface area contributed by atoms with E-state index in [4.69, 9.17) is 5.73 Å². The maximum absolute atomic E-state index is 12.6. The Morgan fingerprint density at radius 1 is 1.35 bits per heavy atom. The standard InChI is InChI=1S/C15H17N3O2/c16-11-5-1-4-10(14(11)19)15(20)18-9-3-7-13(18)12-6-2-8-17-12/h1-2,4-6,8,13,17,19H,3,7,9,16H2. The first kappa shape index (κ1) is 12.6. The van der Waals surface area contributed by atoms with Crippen LogP contribution in [0.15, 0.2) is 36.5 Å². The van der Waals surface area contributed by atoms with E-state index < -0.39 is 0 Å². The molecule has 1 aromatic carbocycles. The van der Waals surface area contributed by atoms with Crippen LogP contribution in [0.4, 0.5) is 5.69 Å². The number of nitrogen functional groups attached to an aromatic ring is 1. The number of para-hydroxylation sites is 1. The van der Waals surface area contributed by atoms with E-state index in [0.717, 1.165) is 18.5 Å². The summed E-state index contributed by atoms with van der Waals surface area (Å²) >= 11 is 0. The van der Waals surface area contributed by atoms with Gasteiger partial charge in [-0.05, 0) is 37.1 Å². The predicted molar refractivity (Wildman–Crippen MR) is 76.3 cm³/mol. The Bertz CT molecular complexity index is 622. The zero-order valence-corrected chi connectivity index (χ0v) is 11.0. The van der Waals surface area contributed by atoms with E-state index >= 15 is 0 Å². The van der Waals surface area contributed by atoms with Gasteiger partial charge in [-0.25, -0.2) is 0 Å². The number of nitrogens with two attached hydrogens (primary N) is 1. The van der Waals surface area contributed by atoms with Gasteiger partial charge in [0.2, 0.25) is 0 Å². The minimum absolute atomic E-state index is 0.0401. The number of aromatic nitrogens is 1. The maximum atomic E-state index is 12.6. The first-order valence-corrected chi connectivity index (χ1v) is 6.70. The molecule has 1 atom stereocenters. The summed E-state index contributed by atoms with van der Waals surface area (Å²) in [6.07, 6.45) is 3.74. The Hall–Kier alpha value is -2.43. The van der Waals surface area contributed by atoms with Crippen molar-refractivity contribution in [3.05, 3.63) is 47.8 Å². The Labute approximate surface area is 117 Å². The molecule has 1 aliphatic rings. The molecule has 1 aromatic heterocycles. The van der Waals surface area contributed by atoms with E-state index in [0.29, 0.717) is 6.54 Å². The zero-order chi connectivity index (χ0) is 14.1. The van der Waals surface area contributed by atoms with Gasteiger partial charge < -0.3 is 20.7 Å². The predicted octanol–water partition coefficient (Wildman–Crippen LogP) is 2.28. The summed E-state index contributed by atoms with van der Waals surface area (Å²) in [5, 5.41) is 9.96. The molecular formula is C15H17N3O2. The molecule has 0 aliphatic carbocycles. The lowest BCUT2D eigenvalue weighted by Crippen LogP contribution is -2.30. The van der Waals surface area contributed by atoms with E-state index in [2.05, 4.69) is 4.98 Å². The van der Waals surface area contributed by atoms with Gasteiger partial charge in [0.1, 0.15) is 0 Å². The summed E-state index contributed by atoms with van der Waals surface area (Å²) < 4.78 is 0. The lowest BCUT2D eigenvalue weighted by molar-refractivity contribution is 0.0730. The van der Waals surface area contributed by atoms with E-state index in [1.165, 1.54) is 0 Å². The van der Waals surface area contributed by atoms with Crippen LogP contribution in [0.25, 0.3) is 0 Å². The number of H-pyrrole nitrogens is 1. The van der Waals surface area contributed by atoms with Crippen LogP contribution in [0.1, 0.15) is 34.9 Å². The Morgan fingerprint density at radius 3 is 2.95 bits per heavy atom. The number of rotatable bonds is 2. The van der Waals surface area contributed by atoms with Crippen LogP contribution in [0, 0.1) is 0 Å². The monoisotopic (exact) mass is 271 g/mol. The second-order valence-corrected chi connectivity index (χ2v) is 5.03. The van der Waals surface area contributed by atoms with Gasteiger partial charge in [0.15, 0.2) is 5.75 Å². The summed E-state index contributed by atoms with van der Waals surface area (Å²) in [5.74, 6) is -0.304. The first-order valence-electron chi connectivity index (χ1n) is 6.70. The number of benzene rings is 1. The van der Waals surface area contributed by atoms with Crippen LogP contribution in [0.3, 0.4) is 0 Å². The number of aromatic hydroxyl groups is 1. The molecule has 1 unspecified atom stereocenters. The molecule has 20 heavy (non-hydrogen) atoms. The van der Waals surface area contributed by atoms with Crippen LogP contribution >= 0.6 is 0 Å². The van der Waals surface area contributed by atoms with Gasteiger partial charge in [0, 0.05) is 18.4 Å². The number of nitrogens with zero attached hydrogens (tertiary/aromatic N) is 1. The molecule has 0 radical (unpaired) electrons. The van der Waals surface area contributed by atoms with Gasteiger partial charge in [-0.15, -0.1) is 0 Å². The lowest BCUT2D eigenvalue weighted by atomic mass is 10.1. The Balaban J connectivity index is 1.92. The van der Waals surface area contributed by atoms with Crippen molar-refractivity contribution < 1.29 is 9.90 Å². The number of anilines is 1. The van der Waals surface area contributed by atoms with Crippen LogP contribution in [-0.2, 0) is 0 Å². The van der Waals surface area contributed by atoms with Gasteiger partial charge in [-0.1, -0.05) is 6.07 Å². The average molecular weight is 271 g/mol. The summed E-state index contributed by atoms with van der Waals surface area (Å²) in [7, 11) is 0. The molecule has 1 aliphatic heterocycles. The second-order valence-electron chi connectivity index (χ2n) is 5.03. The highest BCUT2D eigenvalue weighted by Gasteiger charge is 2.32. The van der Waals surface area contributed by atoms with Crippen molar-refractivity contribution in [3.8, 4) is 5.75 Å². The van der Waals surface area contributed by atoms with Gasteiger partial charge >= 0.3 is 0 Å². The SMILES string of the molecule is Nc1cccc(C(=O)N2CCCC2c2ccc[nH]2)c1O. The van der Waals surface area contributed by atoms with Crippen molar-refractivity contribution in [1.29, 1.82) is 0 Å². The molecule has 1 fully saturated rings. The normalized spacial score (nSPS) is 18.4. The Kier molecular flexibility index (Phi) is 3.10. The van der Waals surface area contributed by atoms with E-state index in [-0.39, 0.29) is 28.9 Å². The summed E-state index contributed by atoms with van der Waals surface area (Å²) in [6.45, 7) is 0.691. The van der Waals surface area contributed by atoms with Gasteiger partial charge in [0.25, 0.3) is 5.91 Å². The molecule has 0 bridgehead atoms. The van der Waals surface area contributed by atoms with Crippen molar-refractivity contribution in [2.24, 2.45) is 0 Å². The quantitative estimate of drug-likeness (QED) is 0.579. The average Bonchev–Trinajstić information content (AvgIpc) is 3.10. The number of phenolic OH excluding ortho intramolecular Hbond substituents is 1. The van der Waals surface area contributed by atoms with E-state index in [1.807, 2.05) is 18.3 Å². The molecule has 4 N–H and O–H groups in total. The lowest BCUT2D eigenvalue weighted by Gasteiger charge is -2.24. The highest BCUT2D eigenvalue weighted by atomic mass is 16.3. The maximum Gasteiger partial charge on any atom is 0.258 e. The number of aromatic amines is 1. The van der Waals surface area contributed by atoms with Crippen molar-refractivity contribution >= 4 is 11.6 Å². The molecule has 0 spiro atoms. The van der Waals surface area contributed by atoms with Crippen molar-refractivity contribution in [3.63, 3.8) is 0 Å². The van der Waals surface area contributed by atoms with Crippen LogP contribution in [-0.4, -0.2) is 27.4 Å². The molecule has 104 valence electrons. The number of hydrogen-bond donors (Lipinski definition) is 3. The highest BCUT2D eigenvalue weighted by molar-refractivity contribution is 5.98. The number of carbonyl (C=O) groups is 1. The summed E-state index contributed by atoms with van der Waals surface area (Å²) in [5.41, 5.74) is 7.18. The Morgan fingerprint density at radius 2 is 2.20 bits per heavy atom. The van der Waals surface area contributed by atoms with Crippen LogP contribution in [0.2, 0.25) is 0 Å². The van der Waals surface area contributed by atoms with Gasteiger partial charge in [-0.3, -0.25) is 4.79 Å². The number of phenols is 1. The summed E-state index contributed by atoms with van der Waals surface area (Å²) in [4.78, 5) is 17.6. The molecule has 5 heteroatoms. The number of hydrogen-bond acceptors (Lipinski definition) is 3. The van der Waals surface area contributed by atoms with Crippen molar-refractivity contribution in [2.75, 3.05) is 12.3 Å². The third-order valence-corrected chi connectivity index (χ3v) is 3.79. The van der Waals surface area contributed by atoms with Crippen molar-refractivity contribution in [1.82, 2.24) is 9.88 Å². The zero-order valence-electron chi connectivity index (χ0n) is 11.0. The topological polar surface area (TPSA) is 82.4 Å². The number of amides is 1. The number of carbonyl (C=O) groups excluding carboxylic acids is 1. The smallest absolute Gasteiger partial charge is 0.258 e. The van der Waals surface area contributed by atoms with Crippen molar-refractivity contribution in [2.45, 2.75) is 18.9 Å². The van der Waals surface area contributed by atoms with E-state index in [1.54, 1.807) is 23.1 Å². The first-order chi connectivity index (χ1) is 9.68. The molecule has 5 nitrogen and oxygen atoms in total. The third-order valence-electron chi connectivity index (χ3n) is 3.79. The molecule has 2 heterocycles. The third kappa shape index (κ3) is 2.01. The van der Waals surface area contributed by atoms with Crippen LogP contribution in [0.5, 0.6) is 5.75 Å². The molecule has 3 rings (SSSR count). The minimum Gasteiger partial charge on any atom is -0.505 e.